The monoisotopic (exact) mass is 287 g/mol. The Bertz CT molecular complexity index is 536. The smallest absolute Gasteiger partial charge is 0.213 e. The Balaban J connectivity index is 1.63. The van der Waals surface area contributed by atoms with Gasteiger partial charge in [-0.2, -0.15) is 5.10 Å². The standard InChI is InChI=1S/C16H21N3O2/c1-18-16(13-7-9-14(10-8-13)19(20)21)11-15(17-18)12-5-3-2-4-6-12/h2-6,13-14,16H,7-11H2,1H3. The molecule has 21 heavy (non-hydrogen) atoms. The van der Waals surface area contributed by atoms with Crippen LogP contribution >= 0.6 is 0 Å². The fraction of sp³-hybridized carbons (Fsp3) is 0.562. The fourth-order valence-electron chi connectivity index (χ4n) is 3.61. The molecule has 1 atom stereocenters. The van der Waals surface area contributed by atoms with Crippen LogP contribution in [0.5, 0.6) is 0 Å². The van der Waals surface area contributed by atoms with E-state index in [0.29, 0.717) is 24.8 Å². The molecule has 1 heterocycles. The van der Waals surface area contributed by atoms with Crippen LogP contribution in [0.2, 0.25) is 0 Å². The number of hydrogen-bond acceptors (Lipinski definition) is 4. The predicted octanol–water partition coefficient (Wildman–Crippen LogP) is 2.93. The molecule has 0 saturated heterocycles. The van der Waals surface area contributed by atoms with E-state index in [1.807, 2.05) is 25.2 Å². The van der Waals surface area contributed by atoms with Gasteiger partial charge in [-0.15, -0.1) is 0 Å². The van der Waals surface area contributed by atoms with Crippen LogP contribution in [0.1, 0.15) is 37.7 Å². The van der Waals surface area contributed by atoms with E-state index in [9.17, 15) is 10.1 Å². The summed E-state index contributed by atoms with van der Waals surface area (Å²) in [6, 6.07) is 10.3. The summed E-state index contributed by atoms with van der Waals surface area (Å²) >= 11 is 0. The Morgan fingerprint density at radius 1 is 1.19 bits per heavy atom. The largest absolute Gasteiger partial charge is 0.296 e. The molecule has 1 saturated carbocycles. The van der Waals surface area contributed by atoms with Gasteiger partial charge in [0, 0.05) is 31.2 Å². The number of nitrogens with zero attached hydrogens (tertiary/aromatic N) is 3. The van der Waals surface area contributed by atoms with Gasteiger partial charge < -0.3 is 0 Å². The van der Waals surface area contributed by atoms with Gasteiger partial charge in [-0.25, -0.2) is 0 Å². The van der Waals surface area contributed by atoms with E-state index < -0.39 is 0 Å². The third-order valence-electron chi connectivity index (χ3n) is 4.85. The van der Waals surface area contributed by atoms with Crippen molar-refractivity contribution in [2.24, 2.45) is 11.0 Å². The van der Waals surface area contributed by atoms with Crippen molar-refractivity contribution in [2.75, 3.05) is 7.05 Å². The van der Waals surface area contributed by atoms with Crippen LogP contribution < -0.4 is 0 Å². The van der Waals surface area contributed by atoms with Gasteiger partial charge in [0.1, 0.15) is 0 Å². The van der Waals surface area contributed by atoms with E-state index in [1.54, 1.807) is 0 Å². The maximum atomic E-state index is 10.9. The van der Waals surface area contributed by atoms with Gasteiger partial charge in [0.2, 0.25) is 6.04 Å². The lowest BCUT2D eigenvalue weighted by molar-refractivity contribution is -0.527. The van der Waals surface area contributed by atoms with Crippen molar-refractivity contribution in [2.45, 2.75) is 44.2 Å². The fourth-order valence-corrected chi connectivity index (χ4v) is 3.61. The van der Waals surface area contributed by atoms with Crippen LogP contribution in [0.4, 0.5) is 0 Å². The minimum absolute atomic E-state index is 0.111. The molecule has 1 aliphatic heterocycles. The first-order chi connectivity index (χ1) is 10.1. The molecule has 5 heteroatoms. The maximum absolute atomic E-state index is 10.9. The molecule has 0 spiro atoms. The molecule has 3 rings (SSSR count). The number of benzene rings is 1. The Morgan fingerprint density at radius 3 is 2.48 bits per heavy atom. The molecule has 0 aromatic heterocycles. The first kappa shape index (κ1) is 14.0. The summed E-state index contributed by atoms with van der Waals surface area (Å²) in [6.07, 6.45) is 4.26. The molecular formula is C16H21N3O2. The molecular weight excluding hydrogens is 266 g/mol. The van der Waals surface area contributed by atoms with Crippen molar-refractivity contribution in [3.05, 3.63) is 46.0 Å². The van der Waals surface area contributed by atoms with Crippen LogP contribution in [-0.4, -0.2) is 34.8 Å². The molecule has 1 fully saturated rings. The number of rotatable bonds is 3. The van der Waals surface area contributed by atoms with Crippen molar-refractivity contribution in [1.82, 2.24) is 5.01 Å². The summed E-state index contributed by atoms with van der Waals surface area (Å²) in [5, 5.41) is 17.6. The lowest BCUT2D eigenvalue weighted by Crippen LogP contribution is -2.36. The van der Waals surface area contributed by atoms with Gasteiger partial charge in [-0.1, -0.05) is 30.3 Å². The van der Waals surface area contributed by atoms with Crippen LogP contribution in [0.15, 0.2) is 35.4 Å². The first-order valence-electron chi connectivity index (χ1n) is 7.64. The molecule has 1 unspecified atom stereocenters. The van der Waals surface area contributed by atoms with Crippen LogP contribution in [-0.2, 0) is 0 Å². The second-order valence-electron chi connectivity index (χ2n) is 6.11. The maximum Gasteiger partial charge on any atom is 0.213 e. The molecule has 0 radical (unpaired) electrons. The number of hydrogen-bond donors (Lipinski definition) is 0. The normalized spacial score (nSPS) is 29.3. The Labute approximate surface area is 124 Å². The van der Waals surface area contributed by atoms with Gasteiger partial charge in [0.25, 0.3) is 0 Å². The van der Waals surface area contributed by atoms with Crippen molar-refractivity contribution in [3.63, 3.8) is 0 Å². The second kappa shape index (κ2) is 5.84. The minimum atomic E-state index is -0.331. The van der Waals surface area contributed by atoms with Crippen molar-refractivity contribution < 1.29 is 4.92 Å². The van der Waals surface area contributed by atoms with Gasteiger partial charge in [0.15, 0.2) is 0 Å². The van der Waals surface area contributed by atoms with Crippen LogP contribution in [0, 0.1) is 16.0 Å². The van der Waals surface area contributed by atoms with Gasteiger partial charge in [-0.05, 0) is 24.3 Å². The van der Waals surface area contributed by atoms with E-state index in [0.717, 1.165) is 25.0 Å². The summed E-state index contributed by atoms with van der Waals surface area (Å²) in [5.41, 5.74) is 2.32. The van der Waals surface area contributed by atoms with Crippen LogP contribution in [0.3, 0.4) is 0 Å². The third-order valence-corrected chi connectivity index (χ3v) is 4.85. The third kappa shape index (κ3) is 2.91. The predicted molar refractivity (Wildman–Crippen MR) is 81.9 cm³/mol. The summed E-state index contributed by atoms with van der Waals surface area (Å²) in [5.74, 6) is 0.524. The topological polar surface area (TPSA) is 58.7 Å². The summed E-state index contributed by atoms with van der Waals surface area (Å²) < 4.78 is 0. The highest BCUT2D eigenvalue weighted by atomic mass is 16.6. The van der Waals surface area contributed by atoms with Crippen molar-refractivity contribution in [3.8, 4) is 0 Å². The summed E-state index contributed by atoms with van der Waals surface area (Å²) in [6.45, 7) is 0. The average Bonchev–Trinajstić information content (AvgIpc) is 2.90. The Morgan fingerprint density at radius 2 is 1.86 bits per heavy atom. The lowest BCUT2D eigenvalue weighted by Gasteiger charge is -2.32. The van der Waals surface area contributed by atoms with E-state index >= 15 is 0 Å². The van der Waals surface area contributed by atoms with E-state index in [1.165, 1.54) is 5.56 Å². The minimum Gasteiger partial charge on any atom is -0.296 e. The SMILES string of the molecule is CN1N=C(c2ccccc2)CC1C1CCC([N+](=O)[O-])CC1. The molecule has 0 amide bonds. The number of nitro groups is 1. The van der Waals surface area contributed by atoms with Crippen LogP contribution in [0.25, 0.3) is 0 Å². The van der Waals surface area contributed by atoms with Crippen molar-refractivity contribution in [1.29, 1.82) is 0 Å². The zero-order valence-electron chi connectivity index (χ0n) is 12.3. The molecule has 0 bridgehead atoms. The quantitative estimate of drug-likeness (QED) is 0.634. The number of hydrazone groups is 1. The second-order valence-corrected chi connectivity index (χ2v) is 6.11. The highest BCUT2D eigenvalue weighted by molar-refractivity contribution is 6.01. The van der Waals surface area contributed by atoms with Crippen molar-refractivity contribution >= 4 is 5.71 Å². The molecule has 0 N–H and O–H groups in total. The molecule has 1 aromatic rings. The zero-order chi connectivity index (χ0) is 14.8. The molecule has 1 aromatic carbocycles. The van der Waals surface area contributed by atoms with Gasteiger partial charge in [-0.3, -0.25) is 15.1 Å². The lowest BCUT2D eigenvalue weighted by atomic mass is 9.80. The molecule has 1 aliphatic carbocycles. The summed E-state index contributed by atoms with van der Waals surface area (Å²) in [4.78, 5) is 10.7. The van der Waals surface area contributed by atoms with E-state index in [2.05, 4.69) is 22.2 Å². The Hall–Kier alpha value is -1.91. The molecule has 5 nitrogen and oxygen atoms in total. The van der Waals surface area contributed by atoms with E-state index in [4.69, 9.17) is 0 Å². The zero-order valence-corrected chi connectivity index (χ0v) is 12.3. The first-order valence-corrected chi connectivity index (χ1v) is 7.64. The Kier molecular flexibility index (Phi) is 3.90. The summed E-state index contributed by atoms with van der Waals surface area (Å²) in [7, 11) is 2.03. The van der Waals surface area contributed by atoms with E-state index in [-0.39, 0.29) is 11.0 Å². The highest BCUT2D eigenvalue weighted by Gasteiger charge is 2.37. The highest BCUT2D eigenvalue weighted by Crippen LogP contribution is 2.34. The van der Waals surface area contributed by atoms with Gasteiger partial charge >= 0.3 is 0 Å². The average molecular weight is 287 g/mol. The van der Waals surface area contributed by atoms with Gasteiger partial charge in [0.05, 0.1) is 11.8 Å². The molecule has 112 valence electrons. The molecule has 2 aliphatic rings.